The highest BCUT2D eigenvalue weighted by molar-refractivity contribution is 6.16. The Bertz CT molecular complexity index is 1180. The van der Waals surface area contributed by atoms with E-state index in [1.165, 1.54) is 11.0 Å². The normalized spacial score (nSPS) is 16.6. The zero-order valence-electron chi connectivity index (χ0n) is 17.4. The van der Waals surface area contributed by atoms with E-state index in [0.717, 1.165) is 0 Å². The second-order valence-corrected chi connectivity index (χ2v) is 7.60. The number of fused-ring (bicyclic) bond motifs is 1. The number of hydrogen-bond acceptors (Lipinski definition) is 6. The summed E-state index contributed by atoms with van der Waals surface area (Å²) in [6.45, 7) is 5.52. The minimum atomic E-state index is -0.928. The van der Waals surface area contributed by atoms with E-state index in [1.807, 2.05) is 18.2 Å². The number of imidazole rings is 1. The van der Waals surface area contributed by atoms with Crippen molar-refractivity contribution in [2.24, 2.45) is 5.92 Å². The molecule has 2 aromatic carbocycles. The van der Waals surface area contributed by atoms with Gasteiger partial charge in [-0.1, -0.05) is 32.0 Å². The number of para-hydroxylation sites is 2. The standard InChI is InChI=1S/C23H23N3O5/c1-4-31-17-11-13(9-10-16(17)27)19-18(20(28)12(2)3)21(29)22(30)26(19)23-24-14-7-5-6-8-15(14)25-23/h5-12,19,27,29H,4H2,1-3H3,(H,24,25). The Morgan fingerprint density at radius 1 is 1.23 bits per heavy atom. The molecule has 3 aromatic rings. The Labute approximate surface area is 178 Å². The van der Waals surface area contributed by atoms with Gasteiger partial charge in [-0.25, -0.2) is 4.98 Å². The van der Waals surface area contributed by atoms with Crippen molar-refractivity contribution in [3.8, 4) is 11.5 Å². The third kappa shape index (κ3) is 3.39. The number of nitrogens with zero attached hydrogens (tertiary/aromatic N) is 2. The highest BCUT2D eigenvalue weighted by atomic mass is 16.5. The summed E-state index contributed by atoms with van der Waals surface area (Å²) in [7, 11) is 0. The lowest BCUT2D eigenvalue weighted by atomic mass is 9.91. The number of aromatic nitrogens is 2. The molecule has 3 N–H and O–H groups in total. The van der Waals surface area contributed by atoms with Crippen LogP contribution in [-0.2, 0) is 9.59 Å². The van der Waals surface area contributed by atoms with Gasteiger partial charge in [-0.05, 0) is 36.8 Å². The van der Waals surface area contributed by atoms with Gasteiger partial charge in [-0.15, -0.1) is 0 Å². The quantitative estimate of drug-likeness (QED) is 0.558. The molecule has 1 aliphatic rings. The number of aliphatic hydroxyl groups is 1. The monoisotopic (exact) mass is 421 g/mol. The number of amides is 1. The summed E-state index contributed by atoms with van der Waals surface area (Å²) >= 11 is 0. The Morgan fingerprint density at radius 2 is 1.97 bits per heavy atom. The minimum Gasteiger partial charge on any atom is -0.504 e. The van der Waals surface area contributed by atoms with Crippen molar-refractivity contribution in [2.75, 3.05) is 11.5 Å². The molecular weight excluding hydrogens is 398 g/mol. The molecule has 1 amide bonds. The lowest BCUT2D eigenvalue weighted by Gasteiger charge is -2.25. The summed E-state index contributed by atoms with van der Waals surface area (Å²) in [5.74, 6) is -1.74. The van der Waals surface area contributed by atoms with E-state index in [9.17, 15) is 19.8 Å². The summed E-state index contributed by atoms with van der Waals surface area (Å²) in [6, 6.07) is 11.0. The summed E-state index contributed by atoms with van der Waals surface area (Å²) in [4.78, 5) is 35.0. The molecule has 2 heterocycles. The van der Waals surface area contributed by atoms with Gasteiger partial charge in [0.1, 0.15) is 0 Å². The number of H-pyrrole nitrogens is 1. The second-order valence-electron chi connectivity index (χ2n) is 7.60. The van der Waals surface area contributed by atoms with E-state index in [2.05, 4.69) is 9.97 Å². The maximum absolute atomic E-state index is 13.1. The van der Waals surface area contributed by atoms with Crippen molar-refractivity contribution in [1.29, 1.82) is 0 Å². The number of ether oxygens (including phenoxy) is 1. The summed E-state index contributed by atoms with van der Waals surface area (Å²) in [5.41, 5.74) is 1.86. The van der Waals surface area contributed by atoms with Crippen molar-refractivity contribution in [1.82, 2.24) is 9.97 Å². The first-order valence-electron chi connectivity index (χ1n) is 10.0. The van der Waals surface area contributed by atoms with Crippen molar-refractivity contribution in [3.63, 3.8) is 0 Å². The number of benzene rings is 2. The van der Waals surface area contributed by atoms with Gasteiger partial charge in [0.15, 0.2) is 23.0 Å². The molecule has 8 heteroatoms. The minimum absolute atomic E-state index is 0.00593. The largest absolute Gasteiger partial charge is 0.504 e. The Morgan fingerprint density at radius 3 is 2.65 bits per heavy atom. The predicted molar refractivity (Wildman–Crippen MR) is 115 cm³/mol. The number of carbonyl (C=O) groups excluding carboxylic acids is 2. The fourth-order valence-corrected chi connectivity index (χ4v) is 3.73. The number of anilines is 1. The van der Waals surface area contributed by atoms with Crippen LogP contribution in [0.4, 0.5) is 5.95 Å². The van der Waals surface area contributed by atoms with Crippen LogP contribution in [0.3, 0.4) is 0 Å². The molecule has 1 atom stereocenters. The van der Waals surface area contributed by atoms with Crippen LogP contribution in [0.2, 0.25) is 0 Å². The number of nitrogens with one attached hydrogen (secondary N) is 1. The number of aromatic amines is 1. The molecule has 0 spiro atoms. The van der Waals surface area contributed by atoms with Crippen LogP contribution in [0.1, 0.15) is 32.4 Å². The van der Waals surface area contributed by atoms with Crippen LogP contribution < -0.4 is 9.64 Å². The molecule has 31 heavy (non-hydrogen) atoms. The first-order valence-corrected chi connectivity index (χ1v) is 10.0. The summed E-state index contributed by atoms with van der Waals surface area (Å²) in [6.07, 6.45) is 0. The van der Waals surface area contributed by atoms with Gasteiger partial charge >= 0.3 is 0 Å². The molecule has 160 valence electrons. The van der Waals surface area contributed by atoms with Crippen LogP contribution >= 0.6 is 0 Å². The topological polar surface area (TPSA) is 116 Å². The molecule has 0 fully saturated rings. The SMILES string of the molecule is CCOc1cc(C2C(C(=O)C(C)C)=C(O)C(=O)N2c2nc3ccccc3[nH]2)ccc1O. The highest BCUT2D eigenvalue weighted by Crippen LogP contribution is 2.43. The number of phenolic OH excluding ortho intramolecular Hbond substituents is 1. The van der Waals surface area contributed by atoms with Gasteiger partial charge in [0, 0.05) is 5.92 Å². The summed E-state index contributed by atoms with van der Waals surface area (Å²) in [5, 5.41) is 20.8. The Balaban J connectivity index is 1.91. The third-order valence-electron chi connectivity index (χ3n) is 5.20. The molecule has 0 aliphatic carbocycles. The van der Waals surface area contributed by atoms with Crippen LogP contribution in [0.15, 0.2) is 53.8 Å². The molecule has 1 unspecified atom stereocenters. The molecule has 1 aromatic heterocycles. The lowest BCUT2D eigenvalue weighted by molar-refractivity contribution is -0.119. The number of Topliss-reactive ketones (excluding diaryl/α,β-unsaturated/α-hetero) is 1. The smallest absolute Gasteiger partial charge is 0.296 e. The number of phenols is 1. The van der Waals surface area contributed by atoms with E-state index in [4.69, 9.17) is 4.74 Å². The van der Waals surface area contributed by atoms with Crippen molar-refractivity contribution in [2.45, 2.75) is 26.8 Å². The van der Waals surface area contributed by atoms with Gasteiger partial charge in [-0.2, -0.15) is 0 Å². The van der Waals surface area contributed by atoms with E-state index >= 15 is 0 Å². The Hall–Kier alpha value is -3.81. The van der Waals surface area contributed by atoms with Crippen molar-refractivity contribution < 1.29 is 24.5 Å². The first-order chi connectivity index (χ1) is 14.8. The fraction of sp³-hybridized carbons (Fsp3) is 0.261. The maximum atomic E-state index is 13.1. The highest BCUT2D eigenvalue weighted by Gasteiger charge is 2.46. The average molecular weight is 421 g/mol. The van der Waals surface area contributed by atoms with Crippen LogP contribution in [-0.4, -0.2) is 38.5 Å². The van der Waals surface area contributed by atoms with Gasteiger partial charge in [0.2, 0.25) is 5.95 Å². The number of aliphatic hydroxyl groups excluding tert-OH is 1. The molecule has 0 bridgehead atoms. The molecule has 4 rings (SSSR count). The first kappa shape index (κ1) is 20.5. The van der Waals surface area contributed by atoms with Crippen LogP contribution in [0.5, 0.6) is 11.5 Å². The molecule has 1 aliphatic heterocycles. The average Bonchev–Trinajstić information content (AvgIpc) is 3.28. The molecule has 0 saturated carbocycles. The number of carbonyl (C=O) groups is 2. The van der Waals surface area contributed by atoms with Gasteiger partial charge in [0.25, 0.3) is 5.91 Å². The molecular formula is C23H23N3O5. The van der Waals surface area contributed by atoms with Crippen molar-refractivity contribution >= 4 is 28.7 Å². The zero-order valence-corrected chi connectivity index (χ0v) is 17.4. The van der Waals surface area contributed by atoms with E-state index in [-0.39, 0.29) is 28.8 Å². The van der Waals surface area contributed by atoms with Crippen LogP contribution in [0.25, 0.3) is 11.0 Å². The predicted octanol–water partition coefficient (Wildman–Crippen LogP) is 3.79. The van der Waals surface area contributed by atoms with E-state index in [1.54, 1.807) is 39.0 Å². The number of hydrogen-bond donors (Lipinski definition) is 3. The van der Waals surface area contributed by atoms with Crippen molar-refractivity contribution in [3.05, 3.63) is 59.4 Å². The van der Waals surface area contributed by atoms with E-state index in [0.29, 0.717) is 23.2 Å². The van der Waals surface area contributed by atoms with Gasteiger partial charge in [-0.3, -0.25) is 14.5 Å². The number of ketones is 1. The number of rotatable bonds is 6. The summed E-state index contributed by atoms with van der Waals surface area (Å²) < 4.78 is 5.48. The lowest BCUT2D eigenvalue weighted by Crippen LogP contribution is -2.32. The maximum Gasteiger partial charge on any atom is 0.296 e. The second kappa shape index (κ2) is 7.79. The van der Waals surface area contributed by atoms with Gasteiger partial charge in [0.05, 0.1) is 29.3 Å². The Kier molecular flexibility index (Phi) is 5.14. The van der Waals surface area contributed by atoms with Gasteiger partial charge < -0.3 is 19.9 Å². The van der Waals surface area contributed by atoms with Crippen LogP contribution in [0, 0.1) is 5.92 Å². The molecule has 0 saturated heterocycles. The van der Waals surface area contributed by atoms with E-state index < -0.39 is 23.6 Å². The third-order valence-corrected chi connectivity index (χ3v) is 5.20. The zero-order chi connectivity index (χ0) is 22.3. The molecule has 8 nitrogen and oxygen atoms in total. The molecule has 0 radical (unpaired) electrons. The fourth-order valence-electron chi connectivity index (χ4n) is 3.73. The number of aromatic hydroxyl groups is 1.